The first-order chi connectivity index (χ1) is 28.2. The summed E-state index contributed by atoms with van der Waals surface area (Å²) in [5.41, 5.74) is 10.8. The number of aromatic nitrogens is 1. The standard InChI is InChI=1S/C51H34N4OS/c1-3-13-31(14-4-1)33-25-27-36-35-17-7-9-22-42(35)55(43(36)29-33)34-26-28-44-41(30-34)47-39(20-12-23-45(47)56-44)50-52-49(32-15-5-2-6-16-32)53-51(54-50)40-21-11-19-38-37-18-8-10-24-46(37)57-48(38)40/h1-30,49-50,52H,(H,53,54). The number of furan rings is 1. The summed E-state index contributed by atoms with van der Waals surface area (Å²) in [6.07, 6.45) is -0.528. The zero-order valence-electron chi connectivity index (χ0n) is 30.7. The Morgan fingerprint density at radius 3 is 2.19 bits per heavy atom. The molecule has 2 atom stereocenters. The number of hydrogen-bond acceptors (Lipinski definition) is 5. The minimum Gasteiger partial charge on any atom is -0.456 e. The topological polar surface area (TPSA) is 54.5 Å². The van der Waals surface area contributed by atoms with Gasteiger partial charge in [-0.3, -0.25) is 5.32 Å². The first kappa shape index (κ1) is 32.3. The molecular weight excluding hydrogens is 717 g/mol. The molecule has 0 radical (unpaired) electrons. The fourth-order valence-corrected chi connectivity index (χ4v) is 10.1. The quantitative estimate of drug-likeness (QED) is 0.184. The summed E-state index contributed by atoms with van der Waals surface area (Å²) in [5.74, 6) is 0.870. The van der Waals surface area contributed by atoms with Crippen LogP contribution in [0.1, 0.15) is 29.0 Å². The second-order valence-electron chi connectivity index (χ2n) is 14.8. The minimum absolute atomic E-state index is 0.262. The Kier molecular flexibility index (Phi) is 7.24. The number of benzene rings is 8. The zero-order chi connectivity index (χ0) is 37.5. The van der Waals surface area contributed by atoms with Crippen LogP contribution in [0.4, 0.5) is 0 Å². The van der Waals surface area contributed by atoms with E-state index in [-0.39, 0.29) is 12.3 Å². The van der Waals surface area contributed by atoms with Crippen LogP contribution in [0.25, 0.3) is 80.7 Å². The molecule has 5 nitrogen and oxygen atoms in total. The van der Waals surface area contributed by atoms with Crippen molar-refractivity contribution in [3.63, 3.8) is 0 Å². The Balaban J connectivity index is 1.04. The second-order valence-corrected chi connectivity index (χ2v) is 15.8. The molecule has 0 fully saturated rings. The van der Waals surface area contributed by atoms with Crippen molar-refractivity contribution in [1.82, 2.24) is 15.2 Å². The average Bonchev–Trinajstić information content (AvgIpc) is 3.96. The molecule has 0 saturated carbocycles. The molecule has 0 spiro atoms. The van der Waals surface area contributed by atoms with Gasteiger partial charge in [-0.05, 0) is 65.2 Å². The predicted molar refractivity (Wildman–Crippen MR) is 238 cm³/mol. The number of hydrogen-bond donors (Lipinski definition) is 2. The molecule has 57 heavy (non-hydrogen) atoms. The zero-order valence-corrected chi connectivity index (χ0v) is 31.5. The van der Waals surface area contributed by atoms with Crippen LogP contribution in [0.5, 0.6) is 0 Å². The van der Waals surface area contributed by atoms with Gasteiger partial charge < -0.3 is 14.3 Å². The van der Waals surface area contributed by atoms with Gasteiger partial charge in [-0.1, -0.05) is 133 Å². The maximum atomic E-state index is 6.63. The second kappa shape index (κ2) is 12.8. The number of para-hydroxylation sites is 1. The van der Waals surface area contributed by atoms with Crippen LogP contribution in [0.2, 0.25) is 0 Å². The van der Waals surface area contributed by atoms with E-state index in [0.29, 0.717) is 0 Å². The molecule has 3 aromatic heterocycles. The van der Waals surface area contributed by atoms with Gasteiger partial charge in [0.15, 0.2) is 0 Å². The van der Waals surface area contributed by atoms with E-state index in [9.17, 15) is 0 Å². The average molecular weight is 751 g/mol. The third-order valence-corrected chi connectivity index (χ3v) is 12.7. The van der Waals surface area contributed by atoms with Gasteiger partial charge in [0.25, 0.3) is 0 Å². The lowest BCUT2D eigenvalue weighted by Gasteiger charge is -2.32. The molecule has 1 aliphatic heterocycles. The predicted octanol–water partition coefficient (Wildman–Crippen LogP) is 13.1. The Bertz CT molecular complexity index is 3380. The highest BCUT2D eigenvalue weighted by atomic mass is 32.1. The Labute approximate surface area is 332 Å². The third-order valence-electron chi connectivity index (χ3n) is 11.5. The number of rotatable bonds is 5. The molecular formula is C51H34N4OS. The summed E-state index contributed by atoms with van der Waals surface area (Å²) in [5, 5.41) is 14.9. The van der Waals surface area contributed by atoms with Gasteiger partial charge in [0.05, 0.1) is 11.0 Å². The van der Waals surface area contributed by atoms with E-state index in [0.717, 1.165) is 50.2 Å². The van der Waals surface area contributed by atoms with Crippen molar-refractivity contribution in [2.45, 2.75) is 12.3 Å². The van der Waals surface area contributed by atoms with Crippen LogP contribution in [0.3, 0.4) is 0 Å². The highest BCUT2D eigenvalue weighted by molar-refractivity contribution is 7.26. The van der Waals surface area contributed by atoms with Crippen LogP contribution in [0, 0.1) is 0 Å². The van der Waals surface area contributed by atoms with E-state index in [1.165, 1.54) is 53.1 Å². The summed E-state index contributed by atoms with van der Waals surface area (Å²) in [4.78, 5) is 5.36. The fraction of sp³-hybridized carbons (Fsp3) is 0.0392. The number of thiophene rings is 1. The van der Waals surface area contributed by atoms with Gasteiger partial charge in [0, 0.05) is 58.5 Å². The Morgan fingerprint density at radius 2 is 1.30 bits per heavy atom. The van der Waals surface area contributed by atoms with Crippen molar-refractivity contribution >= 4 is 81.1 Å². The Hall–Kier alpha value is -6.99. The molecule has 8 aromatic carbocycles. The van der Waals surface area contributed by atoms with Crippen molar-refractivity contribution in [3.8, 4) is 16.8 Å². The van der Waals surface area contributed by atoms with Crippen LogP contribution in [-0.2, 0) is 0 Å². The molecule has 1 aliphatic rings. The number of nitrogens with one attached hydrogen (secondary N) is 2. The molecule has 11 aromatic rings. The van der Waals surface area contributed by atoms with E-state index in [4.69, 9.17) is 9.41 Å². The van der Waals surface area contributed by atoms with E-state index >= 15 is 0 Å². The van der Waals surface area contributed by atoms with Crippen molar-refractivity contribution in [1.29, 1.82) is 0 Å². The van der Waals surface area contributed by atoms with Gasteiger partial charge in [-0.25, -0.2) is 4.99 Å². The largest absolute Gasteiger partial charge is 0.456 e. The Morgan fingerprint density at radius 1 is 0.544 bits per heavy atom. The summed E-state index contributed by atoms with van der Waals surface area (Å²) in [6, 6.07) is 64.9. The third kappa shape index (κ3) is 5.15. The molecule has 2 N–H and O–H groups in total. The molecule has 270 valence electrons. The number of fused-ring (bicyclic) bond motifs is 9. The smallest absolute Gasteiger partial charge is 0.135 e. The van der Waals surface area contributed by atoms with Gasteiger partial charge in [0.2, 0.25) is 0 Å². The lowest BCUT2D eigenvalue weighted by Crippen LogP contribution is -2.45. The summed E-state index contributed by atoms with van der Waals surface area (Å²) < 4.78 is 11.5. The monoisotopic (exact) mass is 750 g/mol. The number of aliphatic imine (C=N–C) groups is 1. The van der Waals surface area contributed by atoms with Crippen molar-refractivity contribution < 1.29 is 4.42 Å². The lowest BCUT2D eigenvalue weighted by molar-refractivity contribution is 0.411. The summed E-state index contributed by atoms with van der Waals surface area (Å²) >= 11 is 1.82. The molecule has 6 heteroatoms. The molecule has 2 unspecified atom stereocenters. The van der Waals surface area contributed by atoms with Crippen LogP contribution in [0.15, 0.2) is 191 Å². The van der Waals surface area contributed by atoms with Crippen molar-refractivity contribution in [2.24, 2.45) is 4.99 Å². The number of nitrogens with zero attached hydrogens (tertiary/aromatic N) is 2. The normalized spacial score (nSPS) is 15.9. The number of amidine groups is 1. The molecule has 12 rings (SSSR count). The van der Waals surface area contributed by atoms with Crippen molar-refractivity contribution in [3.05, 3.63) is 199 Å². The van der Waals surface area contributed by atoms with Crippen molar-refractivity contribution in [2.75, 3.05) is 0 Å². The highest BCUT2D eigenvalue weighted by Crippen LogP contribution is 2.41. The van der Waals surface area contributed by atoms with Crippen LogP contribution < -0.4 is 10.6 Å². The molecule has 0 saturated heterocycles. The van der Waals surface area contributed by atoms with E-state index in [2.05, 4.69) is 197 Å². The first-order valence-electron chi connectivity index (χ1n) is 19.4. The maximum absolute atomic E-state index is 6.63. The summed E-state index contributed by atoms with van der Waals surface area (Å²) in [6.45, 7) is 0. The van der Waals surface area contributed by atoms with Crippen LogP contribution in [-0.4, -0.2) is 10.4 Å². The van der Waals surface area contributed by atoms with E-state index in [1.807, 2.05) is 11.3 Å². The van der Waals surface area contributed by atoms with E-state index < -0.39 is 0 Å². The van der Waals surface area contributed by atoms with Gasteiger partial charge >= 0.3 is 0 Å². The minimum atomic E-state index is -0.266. The SMILES string of the molecule is c1ccc(-c2ccc3c4ccccc4n(-c4ccc5oc6cccc(C7NC(c8cccc9c8sc8ccccc89)=NC(c8ccccc8)N7)c6c5c4)c3c2)cc1. The van der Waals surface area contributed by atoms with Gasteiger partial charge in [-0.15, -0.1) is 11.3 Å². The lowest BCUT2D eigenvalue weighted by atomic mass is 10.0. The fourth-order valence-electron chi connectivity index (χ4n) is 8.88. The molecule has 0 amide bonds. The molecule has 0 aliphatic carbocycles. The highest BCUT2D eigenvalue weighted by Gasteiger charge is 2.29. The summed E-state index contributed by atoms with van der Waals surface area (Å²) in [7, 11) is 0. The van der Waals surface area contributed by atoms with E-state index in [1.54, 1.807) is 0 Å². The first-order valence-corrected chi connectivity index (χ1v) is 20.2. The van der Waals surface area contributed by atoms with Crippen LogP contribution >= 0.6 is 11.3 Å². The van der Waals surface area contributed by atoms with Gasteiger partial charge in [0.1, 0.15) is 29.3 Å². The molecule has 0 bridgehead atoms. The molecule has 4 heterocycles. The van der Waals surface area contributed by atoms with Gasteiger partial charge in [-0.2, -0.15) is 0 Å². The maximum Gasteiger partial charge on any atom is 0.135 e.